The van der Waals surface area contributed by atoms with Crippen LogP contribution >= 0.6 is 35.6 Å². The van der Waals surface area contributed by atoms with Gasteiger partial charge in [-0.2, -0.15) is 0 Å². The van der Waals surface area contributed by atoms with Gasteiger partial charge in [-0.05, 0) is 51.5 Å². The average Bonchev–Trinajstić information content (AvgIpc) is 3.08. The van der Waals surface area contributed by atoms with Crippen molar-refractivity contribution in [3.05, 3.63) is 29.3 Å². The van der Waals surface area contributed by atoms with Gasteiger partial charge in [0, 0.05) is 43.3 Å². The number of hydrogen-bond donors (Lipinski definition) is 2. The van der Waals surface area contributed by atoms with Crippen molar-refractivity contribution < 1.29 is 14.3 Å². The van der Waals surface area contributed by atoms with Crippen molar-refractivity contribution in [1.29, 1.82) is 0 Å². The highest BCUT2D eigenvalue weighted by Gasteiger charge is 2.36. The van der Waals surface area contributed by atoms with Gasteiger partial charge in [-0.25, -0.2) is 4.79 Å². The fraction of sp³-hybridized carbons (Fsp3) is 0.571. The molecule has 2 aliphatic heterocycles. The molecule has 2 aliphatic rings. The van der Waals surface area contributed by atoms with Gasteiger partial charge in [-0.3, -0.25) is 9.79 Å². The molecule has 2 amide bonds. The molecule has 10 heteroatoms. The highest BCUT2D eigenvalue weighted by molar-refractivity contribution is 14.0. The van der Waals surface area contributed by atoms with E-state index >= 15 is 0 Å². The van der Waals surface area contributed by atoms with Crippen LogP contribution < -0.4 is 10.6 Å². The Morgan fingerprint density at radius 3 is 2.61 bits per heavy atom. The number of aliphatic imine (C=N–C) groups is 1. The molecule has 172 valence electrons. The summed E-state index contributed by atoms with van der Waals surface area (Å²) in [6.45, 7) is 8.85. The van der Waals surface area contributed by atoms with Crippen molar-refractivity contribution in [2.45, 2.75) is 45.3 Å². The number of piperazine rings is 1. The number of amides is 2. The van der Waals surface area contributed by atoms with Crippen molar-refractivity contribution >= 4 is 59.2 Å². The van der Waals surface area contributed by atoms with E-state index in [0.717, 1.165) is 11.6 Å². The van der Waals surface area contributed by atoms with Gasteiger partial charge < -0.3 is 25.2 Å². The fourth-order valence-corrected chi connectivity index (χ4v) is 3.55. The van der Waals surface area contributed by atoms with E-state index in [1.807, 2.05) is 20.8 Å². The number of nitrogens with one attached hydrogen (secondary N) is 2. The average molecular weight is 564 g/mol. The minimum Gasteiger partial charge on any atom is -0.444 e. The summed E-state index contributed by atoms with van der Waals surface area (Å²) in [7, 11) is 0. The highest BCUT2D eigenvalue weighted by Crippen LogP contribution is 2.19. The predicted octanol–water partition coefficient (Wildman–Crippen LogP) is 3.56. The Bertz CT molecular complexity index is 797. The van der Waals surface area contributed by atoms with E-state index in [0.29, 0.717) is 50.6 Å². The quantitative estimate of drug-likeness (QED) is 0.423. The Morgan fingerprint density at radius 2 is 1.94 bits per heavy atom. The Hall–Kier alpha value is -1.75. The molecule has 3 rings (SSSR count). The minimum atomic E-state index is -0.493. The Morgan fingerprint density at radius 1 is 1.23 bits per heavy atom. The lowest BCUT2D eigenvalue weighted by Crippen LogP contribution is -2.57. The number of anilines is 1. The Balaban J connectivity index is 0.00000341. The first-order chi connectivity index (χ1) is 14.2. The van der Waals surface area contributed by atoms with E-state index in [2.05, 4.69) is 20.5 Å². The molecule has 0 saturated carbocycles. The molecule has 1 aromatic carbocycles. The number of guanidine groups is 1. The van der Waals surface area contributed by atoms with E-state index in [1.54, 1.807) is 29.2 Å². The number of halogens is 2. The Labute approximate surface area is 205 Å². The van der Waals surface area contributed by atoms with E-state index in [4.69, 9.17) is 16.3 Å². The number of benzene rings is 1. The first-order valence-electron chi connectivity index (χ1n) is 10.3. The standard InChI is InChI=1S/C21H30ClN5O3.HI/c1-21(2,3)30-20(29)26-11-12-27-17(14-26)13-24-19(27)23-10-4-5-18(28)25-16-8-6-15(22)7-9-16;/h6-9,17H,4-5,10-14H2,1-3H3,(H,23,24)(H,25,28);1H. The molecule has 1 fully saturated rings. The molecule has 2 N–H and O–H groups in total. The van der Waals surface area contributed by atoms with Crippen LogP contribution in [-0.4, -0.2) is 72.1 Å². The van der Waals surface area contributed by atoms with Crippen LogP contribution in [-0.2, 0) is 9.53 Å². The molecule has 0 bridgehead atoms. The van der Waals surface area contributed by atoms with Crippen LogP contribution in [0.1, 0.15) is 33.6 Å². The molecule has 8 nitrogen and oxygen atoms in total. The summed E-state index contributed by atoms with van der Waals surface area (Å²) in [4.78, 5) is 32.9. The summed E-state index contributed by atoms with van der Waals surface area (Å²) in [5.74, 6) is 0.818. The number of carbonyl (C=O) groups is 2. The van der Waals surface area contributed by atoms with Crippen molar-refractivity contribution in [3.63, 3.8) is 0 Å². The van der Waals surface area contributed by atoms with Crippen LogP contribution in [0.4, 0.5) is 10.5 Å². The van der Waals surface area contributed by atoms with Gasteiger partial charge in [-0.15, -0.1) is 24.0 Å². The van der Waals surface area contributed by atoms with Gasteiger partial charge >= 0.3 is 6.09 Å². The lowest BCUT2D eigenvalue weighted by atomic mass is 10.2. The maximum absolute atomic E-state index is 12.3. The lowest BCUT2D eigenvalue weighted by Gasteiger charge is -2.39. The smallest absolute Gasteiger partial charge is 0.410 e. The van der Waals surface area contributed by atoms with Crippen LogP contribution in [0.5, 0.6) is 0 Å². The molecule has 1 aromatic rings. The van der Waals surface area contributed by atoms with Crippen LogP contribution in [0.25, 0.3) is 0 Å². The monoisotopic (exact) mass is 563 g/mol. The van der Waals surface area contributed by atoms with Crippen LogP contribution in [0.15, 0.2) is 29.3 Å². The molecule has 0 aromatic heterocycles. The number of rotatable bonds is 5. The predicted molar refractivity (Wildman–Crippen MR) is 133 cm³/mol. The van der Waals surface area contributed by atoms with E-state index < -0.39 is 5.60 Å². The molecule has 1 unspecified atom stereocenters. The van der Waals surface area contributed by atoms with Crippen molar-refractivity contribution in [2.24, 2.45) is 4.99 Å². The van der Waals surface area contributed by atoms with Gasteiger partial charge in [0.05, 0.1) is 12.6 Å². The number of ether oxygens (including phenoxy) is 1. The molecule has 0 spiro atoms. The summed E-state index contributed by atoms with van der Waals surface area (Å²) < 4.78 is 5.47. The largest absolute Gasteiger partial charge is 0.444 e. The maximum Gasteiger partial charge on any atom is 0.410 e. The van der Waals surface area contributed by atoms with Gasteiger partial charge in [-0.1, -0.05) is 11.6 Å². The topological polar surface area (TPSA) is 86.3 Å². The van der Waals surface area contributed by atoms with Crippen LogP contribution in [0.2, 0.25) is 5.02 Å². The summed E-state index contributed by atoms with van der Waals surface area (Å²) in [6, 6.07) is 7.22. The molecule has 31 heavy (non-hydrogen) atoms. The zero-order chi connectivity index (χ0) is 21.7. The second-order valence-corrected chi connectivity index (χ2v) is 8.96. The zero-order valence-corrected chi connectivity index (χ0v) is 21.3. The number of hydrogen-bond acceptors (Lipinski definition) is 6. The van der Waals surface area contributed by atoms with Crippen molar-refractivity contribution in [2.75, 3.05) is 38.0 Å². The summed E-state index contributed by atoms with van der Waals surface area (Å²) in [6.07, 6.45) is 0.843. The molecular formula is C21H31ClIN5O3. The molecule has 1 saturated heterocycles. The van der Waals surface area contributed by atoms with Crippen LogP contribution in [0.3, 0.4) is 0 Å². The minimum absolute atomic E-state index is 0. The summed E-state index contributed by atoms with van der Waals surface area (Å²) in [5.41, 5.74) is 0.246. The van der Waals surface area contributed by atoms with Crippen molar-refractivity contribution in [3.8, 4) is 0 Å². The molecular weight excluding hydrogens is 533 g/mol. The van der Waals surface area contributed by atoms with Gasteiger partial charge in [0.25, 0.3) is 0 Å². The highest BCUT2D eigenvalue weighted by atomic mass is 127. The molecule has 1 atom stereocenters. The molecule has 0 radical (unpaired) electrons. The molecule has 0 aliphatic carbocycles. The van der Waals surface area contributed by atoms with E-state index in [-0.39, 0.29) is 42.0 Å². The summed E-state index contributed by atoms with van der Waals surface area (Å²) in [5, 5.41) is 6.83. The third-order valence-electron chi connectivity index (χ3n) is 4.85. The number of fused-ring (bicyclic) bond motifs is 1. The lowest BCUT2D eigenvalue weighted by molar-refractivity contribution is -0.116. The SMILES string of the molecule is CC(C)(C)OC(=O)N1CCN2C(NCCCC(=O)Nc3ccc(Cl)cc3)=NCC2C1.I. The van der Waals surface area contributed by atoms with E-state index in [9.17, 15) is 9.59 Å². The number of carbonyl (C=O) groups excluding carboxylic acids is 2. The first-order valence-corrected chi connectivity index (χ1v) is 10.7. The first kappa shape index (κ1) is 25.5. The van der Waals surface area contributed by atoms with Crippen LogP contribution in [0, 0.1) is 0 Å². The fourth-order valence-electron chi connectivity index (χ4n) is 3.43. The normalized spacial score (nSPS) is 17.9. The van der Waals surface area contributed by atoms with Crippen molar-refractivity contribution in [1.82, 2.24) is 15.1 Å². The number of nitrogens with zero attached hydrogens (tertiary/aromatic N) is 3. The third-order valence-corrected chi connectivity index (χ3v) is 5.10. The summed E-state index contributed by atoms with van der Waals surface area (Å²) >= 11 is 5.85. The molecule has 2 heterocycles. The third kappa shape index (κ3) is 7.71. The Kier molecular flexibility index (Phi) is 9.23. The second-order valence-electron chi connectivity index (χ2n) is 8.52. The van der Waals surface area contributed by atoms with Gasteiger partial charge in [0.2, 0.25) is 5.91 Å². The second kappa shape index (κ2) is 11.2. The maximum atomic E-state index is 12.3. The van der Waals surface area contributed by atoms with E-state index in [1.165, 1.54) is 0 Å². The van der Waals surface area contributed by atoms with Gasteiger partial charge in [0.1, 0.15) is 5.60 Å². The van der Waals surface area contributed by atoms with Gasteiger partial charge in [0.15, 0.2) is 5.96 Å². The zero-order valence-electron chi connectivity index (χ0n) is 18.2.